The van der Waals surface area contributed by atoms with Crippen molar-refractivity contribution in [1.82, 2.24) is 24.9 Å². The Hall–Kier alpha value is -3.49. The quantitative estimate of drug-likeness (QED) is 0.668. The molecule has 0 unspecified atom stereocenters. The Kier molecular flexibility index (Phi) is 5.11. The molecule has 2 N–H and O–H groups in total. The zero-order valence-electron chi connectivity index (χ0n) is 15.9. The number of aromatic amines is 1. The number of anilines is 1. The maximum atomic E-state index is 13.9. The van der Waals surface area contributed by atoms with Crippen molar-refractivity contribution in [2.75, 3.05) is 18.4 Å². The van der Waals surface area contributed by atoms with Crippen LogP contribution in [0.5, 0.6) is 0 Å². The molecule has 1 saturated heterocycles. The number of likely N-dealkylation sites (tertiary alicyclic amines) is 1. The van der Waals surface area contributed by atoms with Gasteiger partial charge < -0.3 is 10.2 Å². The van der Waals surface area contributed by atoms with E-state index in [0.717, 1.165) is 5.69 Å². The number of hydrogen-bond acceptors (Lipinski definition) is 4. The van der Waals surface area contributed by atoms with E-state index < -0.39 is 0 Å². The Morgan fingerprint density at radius 3 is 2.79 bits per heavy atom. The first-order valence-corrected chi connectivity index (χ1v) is 9.38. The van der Waals surface area contributed by atoms with Crippen molar-refractivity contribution >= 4 is 17.6 Å². The van der Waals surface area contributed by atoms with Crippen molar-refractivity contribution in [3.05, 3.63) is 54.1 Å². The third-order valence-electron chi connectivity index (χ3n) is 5.06. The maximum absolute atomic E-state index is 13.9. The van der Waals surface area contributed by atoms with Crippen LogP contribution in [0.1, 0.15) is 12.1 Å². The number of carbonyl (C=O) groups is 2. The molecule has 0 bridgehead atoms. The third kappa shape index (κ3) is 4.03. The molecule has 0 saturated carbocycles. The SMILES string of the molecule is Cc1ccnn1CCC(=O)N1CC(C(=O)Nc2cc(-c3ccccc3F)[nH]n2)C1. The van der Waals surface area contributed by atoms with E-state index in [0.29, 0.717) is 43.1 Å². The minimum atomic E-state index is -0.368. The summed E-state index contributed by atoms with van der Waals surface area (Å²) in [4.78, 5) is 26.3. The van der Waals surface area contributed by atoms with Gasteiger partial charge in [0.25, 0.3) is 0 Å². The highest BCUT2D eigenvalue weighted by Crippen LogP contribution is 2.24. The average molecular weight is 396 g/mol. The molecule has 150 valence electrons. The summed E-state index contributed by atoms with van der Waals surface area (Å²) in [6.07, 6.45) is 2.05. The first-order chi connectivity index (χ1) is 14.0. The summed E-state index contributed by atoms with van der Waals surface area (Å²) >= 11 is 0. The van der Waals surface area contributed by atoms with Gasteiger partial charge in [-0.3, -0.25) is 19.4 Å². The predicted molar refractivity (Wildman–Crippen MR) is 104 cm³/mol. The molecular formula is C20H21FN6O2. The van der Waals surface area contributed by atoms with Gasteiger partial charge in [-0.15, -0.1) is 0 Å². The number of hydrogen-bond donors (Lipinski definition) is 2. The zero-order chi connectivity index (χ0) is 20.4. The van der Waals surface area contributed by atoms with Crippen LogP contribution in [-0.2, 0) is 16.1 Å². The smallest absolute Gasteiger partial charge is 0.232 e. The Bertz CT molecular complexity index is 1040. The molecule has 1 fully saturated rings. The van der Waals surface area contributed by atoms with E-state index in [-0.39, 0.29) is 23.5 Å². The normalized spacial score (nSPS) is 13.9. The molecule has 8 nitrogen and oxygen atoms in total. The number of nitrogens with one attached hydrogen (secondary N) is 2. The minimum absolute atomic E-state index is 0.00515. The van der Waals surface area contributed by atoms with E-state index in [2.05, 4.69) is 20.6 Å². The summed E-state index contributed by atoms with van der Waals surface area (Å²) in [5, 5.41) is 13.6. The minimum Gasteiger partial charge on any atom is -0.341 e. The lowest BCUT2D eigenvalue weighted by molar-refractivity contribution is -0.141. The monoisotopic (exact) mass is 396 g/mol. The highest BCUT2D eigenvalue weighted by Gasteiger charge is 2.35. The Morgan fingerprint density at radius 1 is 1.28 bits per heavy atom. The van der Waals surface area contributed by atoms with E-state index in [4.69, 9.17) is 0 Å². The lowest BCUT2D eigenvalue weighted by atomic mass is 9.98. The molecular weight excluding hydrogens is 375 g/mol. The van der Waals surface area contributed by atoms with Crippen LogP contribution >= 0.6 is 0 Å². The van der Waals surface area contributed by atoms with Gasteiger partial charge in [0.15, 0.2) is 5.82 Å². The lowest BCUT2D eigenvalue weighted by Gasteiger charge is -2.38. The summed E-state index contributed by atoms with van der Waals surface area (Å²) < 4.78 is 15.6. The standard InChI is InChI=1S/C20H21FN6O2/c1-13-6-8-22-27(13)9-7-19(28)26-11-14(12-26)20(29)23-18-10-17(24-25-18)15-4-2-3-5-16(15)21/h2-6,8,10,14H,7,9,11-12H2,1H3,(H2,23,24,25,29). The van der Waals surface area contributed by atoms with Gasteiger partial charge >= 0.3 is 0 Å². The summed E-state index contributed by atoms with van der Waals surface area (Å²) in [7, 11) is 0. The second-order valence-corrected chi connectivity index (χ2v) is 7.08. The first-order valence-electron chi connectivity index (χ1n) is 9.38. The molecule has 9 heteroatoms. The van der Waals surface area contributed by atoms with Gasteiger partial charge in [0.2, 0.25) is 11.8 Å². The summed E-state index contributed by atoms with van der Waals surface area (Å²) in [6.45, 7) is 3.23. The van der Waals surface area contributed by atoms with Crippen molar-refractivity contribution < 1.29 is 14.0 Å². The van der Waals surface area contributed by atoms with Gasteiger partial charge in [-0.2, -0.15) is 10.2 Å². The zero-order valence-corrected chi connectivity index (χ0v) is 15.9. The van der Waals surface area contributed by atoms with Crippen LogP contribution in [0.4, 0.5) is 10.2 Å². The summed E-state index contributed by atoms with van der Waals surface area (Å²) in [5.41, 5.74) is 1.87. The number of aromatic nitrogens is 4. The summed E-state index contributed by atoms with van der Waals surface area (Å²) in [6, 6.07) is 9.81. The molecule has 2 aromatic heterocycles. The topological polar surface area (TPSA) is 95.9 Å². The fourth-order valence-electron chi connectivity index (χ4n) is 3.27. The third-order valence-corrected chi connectivity index (χ3v) is 5.06. The summed E-state index contributed by atoms with van der Waals surface area (Å²) in [5.74, 6) is -0.521. The van der Waals surface area contributed by atoms with Crippen LogP contribution in [0.15, 0.2) is 42.6 Å². The van der Waals surface area contributed by atoms with E-state index in [1.807, 2.05) is 13.0 Å². The number of rotatable bonds is 6. The Morgan fingerprint density at radius 2 is 2.07 bits per heavy atom. The molecule has 29 heavy (non-hydrogen) atoms. The van der Waals surface area contributed by atoms with Crippen molar-refractivity contribution in [3.63, 3.8) is 0 Å². The van der Waals surface area contributed by atoms with Crippen LogP contribution in [-0.4, -0.2) is 49.8 Å². The van der Waals surface area contributed by atoms with Gasteiger partial charge in [0, 0.05) is 49.6 Å². The second kappa shape index (κ2) is 7.86. The number of aryl methyl sites for hydroxylation is 2. The molecule has 3 heterocycles. The molecule has 4 rings (SSSR count). The van der Waals surface area contributed by atoms with Crippen LogP contribution < -0.4 is 5.32 Å². The fourth-order valence-corrected chi connectivity index (χ4v) is 3.27. The Labute approximate surface area is 166 Å². The van der Waals surface area contributed by atoms with Crippen molar-refractivity contribution in [3.8, 4) is 11.3 Å². The van der Waals surface area contributed by atoms with Gasteiger partial charge in [0.05, 0.1) is 11.6 Å². The van der Waals surface area contributed by atoms with Crippen LogP contribution in [0.2, 0.25) is 0 Å². The molecule has 0 atom stereocenters. The van der Waals surface area contributed by atoms with Gasteiger partial charge in [-0.05, 0) is 25.1 Å². The second-order valence-electron chi connectivity index (χ2n) is 7.08. The first kappa shape index (κ1) is 18.9. The number of halogens is 1. The van der Waals surface area contributed by atoms with Gasteiger partial charge in [-0.25, -0.2) is 4.39 Å². The van der Waals surface area contributed by atoms with Crippen LogP contribution in [0, 0.1) is 18.7 Å². The van der Waals surface area contributed by atoms with E-state index in [9.17, 15) is 14.0 Å². The van der Waals surface area contributed by atoms with E-state index in [1.165, 1.54) is 6.07 Å². The highest BCUT2D eigenvalue weighted by molar-refractivity contribution is 5.94. The highest BCUT2D eigenvalue weighted by atomic mass is 19.1. The molecule has 3 aromatic rings. The lowest BCUT2D eigenvalue weighted by Crippen LogP contribution is -2.54. The van der Waals surface area contributed by atoms with E-state index >= 15 is 0 Å². The van der Waals surface area contributed by atoms with Gasteiger partial charge in [-0.1, -0.05) is 12.1 Å². The average Bonchev–Trinajstić information content (AvgIpc) is 3.28. The van der Waals surface area contributed by atoms with Crippen molar-refractivity contribution in [1.29, 1.82) is 0 Å². The van der Waals surface area contributed by atoms with Crippen molar-refractivity contribution in [2.45, 2.75) is 19.9 Å². The number of carbonyl (C=O) groups excluding carboxylic acids is 2. The molecule has 0 radical (unpaired) electrons. The molecule has 1 aromatic carbocycles. The largest absolute Gasteiger partial charge is 0.341 e. The number of benzene rings is 1. The number of amides is 2. The molecule has 2 amide bonds. The number of H-pyrrole nitrogens is 1. The van der Waals surface area contributed by atoms with E-state index in [1.54, 1.807) is 40.0 Å². The molecule has 0 aliphatic carbocycles. The number of nitrogens with zero attached hydrogens (tertiary/aromatic N) is 4. The molecule has 1 aliphatic rings. The predicted octanol–water partition coefficient (Wildman–Crippen LogP) is 2.21. The maximum Gasteiger partial charge on any atom is 0.232 e. The molecule has 0 spiro atoms. The van der Waals surface area contributed by atoms with Crippen LogP contribution in [0.3, 0.4) is 0 Å². The Balaban J connectivity index is 1.26. The van der Waals surface area contributed by atoms with Crippen molar-refractivity contribution in [2.24, 2.45) is 5.92 Å². The fraction of sp³-hybridized carbons (Fsp3) is 0.300. The van der Waals surface area contributed by atoms with Gasteiger partial charge in [0.1, 0.15) is 5.82 Å². The molecule has 1 aliphatic heterocycles. The van der Waals surface area contributed by atoms with Crippen LogP contribution in [0.25, 0.3) is 11.3 Å².